The second-order valence-corrected chi connectivity index (χ2v) is 7.62. The van der Waals surface area contributed by atoms with E-state index in [0.29, 0.717) is 28.5 Å². The molecule has 0 unspecified atom stereocenters. The Morgan fingerprint density at radius 1 is 1.09 bits per heavy atom. The highest BCUT2D eigenvalue weighted by molar-refractivity contribution is 7.15. The standard InChI is InChI=1S/C23H22N2O6S/c1-4-30-17-10-8-15(9-11-17)18-13-32-22(20(18)23(27)31-5-2)24-21(26)16-7-6-14(3)19(12-16)25(28)29/h6-13H,4-5H2,1-3H3,(H,24,26). The van der Waals surface area contributed by atoms with Crippen LogP contribution in [0.1, 0.15) is 40.1 Å². The molecule has 0 bridgehead atoms. The van der Waals surface area contributed by atoms with E-state index in [4.69, 9.17) is 9.47 Å². The molecule has 32 heavy (non-hydrogen) atoms. The maximum absolute atomic E-state index is 12.8. The molecule has 1 heterocycles. The highest BCUT2D eigenvalue weighted by Gasteiger charge is 2.24. The molecule has 3 rings (SSSR count). The van der Waals surface area contributed by atoms with Gasteiger partial charge in [-0.05, 0) is 44.5 Å². The molecule has 166 valence electrons. The van der Waals surface area contributed by atoms with Crippen molar-refractivity contribution in [3.05, 3.63) is 74.6 Å². The van der Waals surface area contributed by atoms with Gasteiger partial charge in [-0.1, -0.05) is 18.2 Å². The van der Waals surface area contributed by atoms with Crippen molar-refractivity contribution in [2.75, 3.05) is 18.5 Å². The number of hydrogen-bond donors (Lipinski definition) is 1. The molecule has 8 nitrogen and oxygen atoms in total. The number of aryl methyl sites for hydroxylation is 1. The number of hydrogen-bond acceptors (Lipinski definition) is 7. The number of thiophene rings is 1. The fraction of sp³-hybridized carbons (Fsp3) is 0.217. The molecule has 2 aromatic carbocycles. The summed E-state index contributed by atoms with van der Waals surface area (Å²) in [4.78, 5) is 36.2. The van der Waals surface area contributed by atoms with Gasteiger partial charge >= 0.3 is 5.97 Å². The molecule has 0 saturated carbocycles. The predicted octanol–water partition coefficient (Wildman–Crippen LogP) is 5.46. The van der Waals surface area contributed by atoms with Gasteiger partial charge in [-0.3, -0.25) is 14.9 Å². The highest BCUT2D eigenvalue weighted by atomic mass is 32.1. The van der Waals surface area contributed by atoms with Crippen molar-refractivity contribution in [2.45, 2.75) is 20.8 Å². The van der Waals surface area contributed by atoms with E-state index in [1.165, 1.54) is 29.5 Å². The van der Waals surface area contributed by atoms with Crippen LogP contribution in [0, 0.1) is 17.0 Å². The van der Waals surface area contributed by atoms with Crippen molar-refractivity contribution in [3.8, 4) is 16.9 Å². The number of carbonyl (C=O) groups excluding carboxylic acids is 2. The zero-order chi connectivity index (χ0) is 23.3. The normalized spacial score (nSPS) is 10.5. The number of rotatable bonds is 8. The second-order valence-electron chi connectivity index (χ2n) is 6.74. The van der Waals surface area contributed by atoms with E-state index in [-0.39, 0.29) is 23.4 Å². The molecular weight excluding hydrogens is 432 g/mol. The summed E-state index contributed by atoms with van der Waals surface area (Å²) in [6, 6.07) is 11.5. The maximum Gasteiger partial charge on any atom is 0.341 e. The van der Waals surface area contributed by atoms with E-state index in [1.807, 2.05) is 19.1 Å². The maximum atomic E-state index is 12.8. The lowest BCUT2D eigenvalue weighted by molar-refractivity contribution is -0.385. The average molecular weight is 455 g/mol. The largest absolute Gasteiger partial charge is 0.494 e. The summed E-state index contributed by atoms with van der Waals surface area (Å²) in [5.74, 6) is -0.416. The number of nitro groups is 1. The van der Waals surface area contributed by atoms with Gasteiger partial charge < -0.3 is 14.8 Å². The number of amides is 1. The van der Waals surface area contributed by atoms with Crippen molar-refractivity contribution in [1.82, 2.24) is 0 Å². The summed E-state index contributed by atoms with van der Waals surface area (Å²) in [5.41, 5.74) is 2.03. The Balaban J connectivity index is 1.96. The van der Waals surface area contributed by atoms with Crippen LogP contribution in [-0.2, 0) is 4.74 Å². The van der Waals surface area contributed by atoms with Gasteiger partial charge in [0.2, 0.25) is 0 Å². The van der Waals surface area contributed by atoms with Gasteiger partial charge in [0, 0.05) is 28.1 Å². The van der Waals surface area contributed by atoms with Crippen molar-refractivity contribution in [1.29, 1.82) is 0 Å². The minimum absolute atomic E-state index is 0.119. The number of anilines is 1. The summed E-state index contributed by atoms with van der Waals surface area (Å²) >= 11 is 1.18. The molecule has 0 atom stereocenters. The molecule has 0 aliphatic rings. The Morgan fingerprint density at radius 2 is 1.81 bits per heavy atom. The van der Waals surface area contributed by atoms with Gasteiger partial charge in [0.15, 0.2) is 0 Å². The smallest absolute Gasteiger partial charge is 0.341 e. The first-order chi connectivity index (χ1) is 15.3. The molecule has 1 amide bonds. The van der Waals surface area contributed by atoms with E-state index in [0.717, 1.165) is 5.56 Å². The molecule has 0 spiro atoms. The third-order valence-corrected chi connectivity index (χ3v) is 5.54. The van der Waals surface area contributed by atoms with Crippen molar-refractivity contribution in [2.24, 2.45) is 0 Å². The number of esters is 1. The van der Waals surface area contributed by atoms with Gasteiger partial charge in [-0.15, -0.1) is 11.3 Å². The average Bonchev–Trinajstić information content (AvgIpc) is 3.18. The van der Waals surface area contributed by atoms with Gasteiger partial charge in [-0.25, -0.2) is 4.79 Å². The Labute approximate surface area is 188 Å². The number of carbonyl (C=O) groups is 2. The molecule has 1 N–H and O–H groups in total. The van der Waals surface area contributed by atoms with E-state index >= 15 is 0 Å². The monoisotopic (exact) mass is 454 g/mol. The van der Waals surface area contributed by atoms with Crippen LogP contribution in [0.4, 0.5) is 10.7 Å². The molecule has 1 aromatic heterocycles. The van der Waals surface area contributed by atoms with Gasteiger partial charge in [0.25, 0.3) is 11.6 Å². The Hall–Kier alpha value is -3.72. The topological polar surface area (TPSA) is 108 Å². The van der Waals surface area contributed by atoms with E-state index in [9.17, 15) is 19.7 Å². The number of nitrogens with one attached hydrogen (secondary N) is 1. The summed E-state index contributed by atoms with van der Waals surface area (Å²) in [6.07, 6.45) is 0. The van der Waals surface area contributed by atoms with E-state index in [2.05, 4.69) is 5.32 Å². The molecule has 0 fully saturated rings. The third-order valence-electron chi connectivity index (χ3n) is 4.64. The number of benzene rings is 2. The fourth-order valence-electron chi connectivity index (χ4n) is 3.09. The van der Waals surface area contributed by atoms with Gasteiger partial charge in [0.1, 0.15) is 16.3 Å². The lowest BCUT2D eigenvalue weighted by Crippen LogP contribution is -2.15. The summed E-state index contributed by atoms with van der Waals surface area (Å²) < 4.78 is 10.7. The van der Waals surface area contributed by atoms with E-state index in [1.54, 1.807) is 31.4 Å². The zero-order valence-electron chi connectivity index (χ0n) is 17.8. The van der Waals surface area contributed by atoms with Crippen molar-refractivity contribution < 1.29 is 24.0 Å². The molecule has 9 heteroatoms. The molecule has 0 aliphatic carbocycles. The van der Waals surface area contributed by atoms with Crippen LogP contribution in [0.25, 0.3) is 11.1 Å². The number of nitrogens with zero attached hydrogens (tertiary/aromatic N) is 1. The lowest BCUT2D eigenvalue weighted by atomic mass is 10.0. The van der Waals surface area contributed by atoms with Crippen LogP contribution in [0.5, 0.6) is 5.75 Å². The highest BCUT2D eigenvalue weighted by Crippen LogP contribution is 2.37. The van der Waals surface area contributed by atoms with Gasteiger partial charge in [0.05, 0.1) is 18.1 Å². The van der Waals surface area contributed by atoms with Crippen LogP contribution in [0.15, 0.2) is 47.8 Å². The molecular formula is C23H22N2O6S. The minimum atomic E-state index is -0.567. The second kappa shape index (κ2) is 10.1. The molecule has 0 radical (unpaired) electrons. The van der Waals surface area contributed by atoms with E-state index < -0.39 is 16.8 Å². The van der Waals surface area contributed by atoms with Crippen LogP contribution in [0.2, 0.25) is 0 Å². The van der Waals surface area contributed by atoms with Crippen molar-refractivity contribution >= 4 is 33.9 Å². The summed E-state index contributed by atoms with van der Waals surface area (Å²) in [6.45, 7) is 5.91. The first kappa shape index (κ1) is 23.0. The molecule has 0 saturated heterocycles. The first-order valence-electron chi connectivity index (χ1n) is 9.93. The first-order valence-corrected chi connectivity index (χ1v) is 10.8. The van der Waals surface area contributed by atoms with Crippen LogP contribution >= 0.6 is 11.3 Å². The minimum Gasteiger partial charge on any atom is -0.494 e. The lowest BCUT2D eigenvalue weighted by Gasteiger charge is -2.10. The Kier molecular flexibility index (Phi) is 7.21. The third kappa shape index (κ3) is 4.94. The fourth-order valence-corrected chi connectivity index (χ4v) is 4.04. The van der Waals surface area contributed by atoms with Crippen LogP contribution < -0.4 is 10.1 Å². The predicted molar refractivity (Wildman–Crippen MR) is 123 cm³/mol. The summed E-state index contributed by atoms with van der Waals surface area (Å²) in [5, 5.41) is 16.0. The number of nitro benzene ring substituents is 1. The Bertz CT molecular complexity index is 1150. The molecule has 0 aliphatic heterocycles. The SMILES string of the molecule is CCOC(=O)c1c(-c2ccc(OCC)cc2)csc1NC(=O)c1ccc(C)c([N+](=O)[O-])c1. The Morgan fingerprint density at radius 3 is 2.44 bits per heavy atom. The van der Waals surface area contributed by atoms with Crippen molar-refractivity contribution in [3.63, 3.8) is 0 Å². The van der Waals surface area contributed by atoms with Crippen LogP contribution in [0.3, 0.4) is 0 Å². The van der Waals surface area contributed by atoms with Crippen LogP contribution in [-0.4, -0.2) is 30.0 Å². The zero-order valence-corrected chi connectivity index (χ0v) is 18.7. The quantitative estimate of drug-likeness (QED) is 0.275. The van der Waals surface area contributed by atoms with Gasteiger partial charge in [-0.2, -0.15) is 0 Å². The summed E-state index contributed by atoms with van der Waals surface area (Å²) in [7, 11) is 0. The molecule has 3 aromatic rings. The number of ether oxygens (including phenoxy) is 2.